The van der Waals surface area contributed by atoms with Crippen molar-refractivity contribution in [1.82, 2.24) is 0 Å². The van der Waals surface area contributed by atoms with Gasteiger partial charge in [0.15, 0.2) is 25.2 Å². The van der Waals surface area contributed by atoms with Crippen molar-refractivity contribution in [2.24, 2.45) is 29.6 Å². The Morgan fingerprint density at radius 3 is 1.81 bits per heavy atom. The van der Waals surface area contributed by atoms with Gasteiger partial charge < -0.3 is 114 Å². The topological polar surface area (TPSA) is 389 Å². The third-order valence-electron chi connectivity index (χ3n) is 15.5. The Hall–Kier alpha value is -1.90. The van der Waals surface area contributed by atoms with Gasteiger partial charge >= 0.3 is 11.9 Å². The molecule has 1 aliphatic carbocycles. The third kappa shape index (κ3) is 15.3. The molecule has 0 amide bonds. The summed E-state index contributed by atoms with van der Waals surface area (Å²) in [6.07, 6.45) is -29.9. The lowest BCUT2D eigenvalue weighted by Gasteiger charge is -2.49. The SMILES string of the molecule is CC[C@H](C)[C@H](C[C@H](O)CC(=O)OC1C(C)CC(C(C)C)C(OC2OC(C)C(OC3OCC(O)C(OC4OCC(O)(CO)C4O)C3O)C(O)C2O)C1O)OC(=O)C[C@@H](O)C[C@H](OC1OC(CO)C(O)C1O)[C@@H](C)CC. The second kappa shape index (κ2) is 27.8. The molecule has 25 heteroatoms. The van der Waals surface area contributed by atoms with Gasteiger partial charge in [0, 0.05) is 12.8 Å². The van der Waals surface area contributed by atoms with Crippen LogP contribution in [0.4, 0.5) is 0 Å². The Kier molecular flexibility index (Phi) is 23.6. The first-order valence-corrected chi connectivity index (χ1v) is 26.1. The number of hydrogen-bond donors (Lipinski definition) is 13. The van der Waals surface area contributed by atoms with Crippen LogP contribution in [0.25, 0.3) is 0 Å². The van der Waals surface area contributed by atoms with E-state index in [-0.39, 0.29) is 36.5 Å². The second-order valence-corrected chi connectivity index (χ2v) is 21.6. The summed E-state index contributed by atoms with van der Waals surface area (Å²) in [5.74, 6) is -2.98. The van der Waals surface area contributed by atoms with E-state index in [1.54, 1.807) is 13.8 Å². The third-order valence-corrected chi connectivity index (χ3v) is 15.5. The van der Waals surface area contributed by atoms with Crippen molar-refractivity contribution in [3.8, 4) is 0 Å². The van der Waals surface area contributed by atoms with E-state index < -0.39 is 198 Å². The Bertz CT molecular complexity index is 1720. The van der Waals surface area contributed by atoms with E-state index in [4.69, 9.17) is 47.4 Å². The molecule has 4 saturated heterocycles. The number of hydrogen-bond acceptors (Lipinski definition) is 25. The van der Waals surface area contributed by atoms with E-state index >= 15 is 0 Å². The molecule has 0 aromatic carbocycles. The van der Waals surface area contributed by atoms with Crippen molar-refractivity contribution in [1.29, 1.82) is 0 Å². The van der Waals surface area contributed by atoms with E-state index in [0.29, 0.717) is 19.3 Å². The average molecular weight is 1080 g/mol. The lowest BCUT2D eigenvalue weighted by atomic mass is 9.71. The molecule has 0 bridgehead atoms. The Balaban J connectivity index is 1.15. The van der Waals surface area contributed by atoms with Crippen LogP contribution in [0.1, 0.15) is 100 Å². The van der Waals surface area contributed by atoms with Gasteiger partial charge in [-0.2, -0.15) is 0 Å². The minimum Gasteiger partial charge on any atom is -0.462 e. The number of carbonyl (C=O) groups excluding carboxylic acids is 2. The summed E-state index contributed by atoms with van der Waals surface area (Å²) >= 11 is 0. The van der Waals surface area contributed by atoms with E-state index in [1.165, 1.54) is 6.92 Å². The highest BCUT2D eigenvalue weighted by atomic mass is 16.8. The van der Waals surface area contributed by atoms with Gasteiger partial charge in [0.05, 0.1) is 69.8 Å². The molecule has 5 rings (SSSR count). The molecule has 0 aromatic heterocycles. The average Bonchev–Trinajstić information content (AvgIpc) is 3.79. The van der Waals surface area contributed by atoms with Crippen LogP contribution in [0.2, 0.25) is 0 Å². The first-order chi connectivity index (χ1) is 34.8. The zero-order valence-electron chi connectivity index (χ0n) is 43.6. The van der Waals surface area contributed by atoms with Crippen LogP contribution in [-0.2, 0) is 57.0 Å². The summed E-state index contributed by atoms with van der Waals surface area (Å²) in [4.78, 5) is 26.7. The van der Waals surface area contributed by atoms with E-state index in [0.717, 1.165) is 0 Å². The van der Waals surface area contributed by atoms with Gasteiger partial charge in [-0.05, 0) is 42.9 Å². The van der Waals surface area contributed by atoms with Gasteiger partial charge in [0.2, 0.25) is 0 Å². The first kappa shape index (κ1) is 62.9. The minimum atomic E-state index is -2.04. The van der Waals surface area contributed by atoms with Gasteiger partial charge in [-0.15, -0.1) is 0 Å². The van der Waals surface area contributed by atoms with E-state index in [2.05, 4.69) is 0 Å². The number of ether oxygens (including phenoxy) is 10. The van der Waals surface area contributed by atoms with Crippen molar-refractivity contribution in [2.45, 2.75) is 241 Å². The molecule has 1 saturated carbocycles. The van der Waals surface area contributed by atoms with E-state index in [1.807, 2.05) is 34.6 Å². The fourth-order valence-corrected chi connectivity index (χ4v) is 10.2. The summed E-state index contributed by atoms with van der Waals surface area (Å²) in [6, 6.07) is 0. The predicted molar refractivity (Wildman–Crippen MR) is 250 cm³/mol. The normalized spacial score (nSPS) is 42.4. The maximum absolute atomic E-state index is 13.5. The summed E-state index contributed by atoms with van der Waals surface area (Å²) < 4.78 is 57.5. The fraction of sp³-hybridized carbons (Fsp3) is 0.959. The molecule has 13 N–H and O–H groups in total. The summed E-state index contributed by atoms with van der Waals surface area (Å²) in [6.45, 7) is 12.1. The van der Waals surface area contributed by atoms with Gasteiger partial charge in [0.1, 0.15) is 85.0 Å². The highest BCUT2D eigenvalue weighted by Crippen LogP contribution is 2.40. The molecular formula is C49H86O25. The molecule has 5 aliphatic rings. The highest BCUT2D eigenvalue weighted by molar-refractivity contribution is 5.71. The molecule has 432 valence electrons. The first-order valence-electron chi connectivity index (χ1n) is 26.1. The smallest absolute Gasteiger partial charge is 0.308 e. The number of carbonyl (C=O) groups is 2. The predicted octanol–water partition coefficient (Wildman–Crippen LogP) is -3.18. The molecule has 0 aromatic rings. The molecule has 21 unspecified atom stereocenters. The zero-order chi connectivity index (χ0) is 55.1. The molecule has 27 atom stereocenters. The van der Waals surface area contributed by atoms with Gasteiger partial charge in [-0.3, -0.25) is 9.59 Å². The molecule has 5 fully saturated rings. The summed E-state index contributed by atoms with van der Waals surface area (Å²) in [5.41, 5.74) is -2.04. The maximum atomic E-state index is 13.5. The van der Waals surface area contributed by atoms with E-state index in [9.17, 15) is 76.0 Å². The number of aliphatic hydroxyl groups excluding tert-OH is 12. The molecule has 74 heavy (non-hydrogen) atoms. The second-order valence-electron chi connectivity index (χ2n) is 21.6. The lowest BCUT2D eigenvalue weighted by Crippen LogP contribution is -2.64. The van der Waals surface area contributed by atoms with Crippen LogP contribution in [-0.4, -0.2) is 245 Å². The quantitative estimate of drug-likeness (QED) is 0.0401. The van der Waals surface area contributed by atoms with Crippen molar-refractivity contribution < 1.29 is 123 Å². The number of rotatable bonds is 25. The largest absolute Gasteiger partial charge is 0.462 e. The van der Waals surface area contributed by atoms with Crippen LogP contribution in [0.3, 0.4) is 0 Å². The molecule has 25 nitrogen and oxygen atoms in total. The van der Waals surface area contributed by atoms with Crippen molar-refractivity contribution in [3.05, 3.63) is 0 Å². The lowest BCUT2D eigenvalue weighted by molar-refractivity contribution is -0.362. The zero-order valence-corrected chi connectivity index (χ0v) is 43.6. The number of esters is 2. The Labute approximate surface area is 431 Å². The van der Waals surface area contributed by atoms with Crippen molar-refractivity contribution in [3.63, 3.8) is 0 Å². The highest BCUT2D eigenvalue weighted by Gasteiger charge is 2.55. The standard InChI is InChI=1S/C49H86O25/c1-9-21(5)29(68-32(55)14-26(53)13-30(22(6)10-2)69-47-36(59)34(57)31(16-50)70-47)12-25(52)15-33(56)71-40-23(7)11-27(20(3)4)42(38(40)61)73-46-37(60)35(58)41(24(8)67-46)72-45-39(62)43(28(54)17-65-45)74-48-44(63)49(64,18-51)19-66-48/h20-31,34-48,50-54,57-64H,9-19H2,1-8H3/t21-,22-,23?,24?,25-,26-,27?,28?,29-,30-,31?,34?,35?,36?,37?,38?,39?,40?,41?,42?,43?,44?,45?,46?,47?,48?,49?/m0/s1. The molecule has 4 heterocycles. The van der Waals surface area contributed by atoms with Crippen molar-refractivity contribution in [2.75, 3.05) is 26.4 Å². The minimum absolute atomic E-state index is 0.0562. The monoisotopic (exact) mass is 1070 g/mol. The van der Waals surface area contributed by atoms with Crippen LogP contribution in [0.5, 0.6) is 0 Å². The molecule has 0 spiro atoms. The molecule has 0 radical (unpaired) electrons. The Morgan fingerprint density at radius 2 is 1.23 bits per heavy atom. The Morgan fingerprint density at radius 1 is 0.649 bits per heavy atom. The molecular weight excluding hydrogens is 989 g/mol. The summed E-state index contributed by atoms with van der Waals surface area (Å²) in [7, 11) is 0. The van der Waals surface area contributed by atoms with Crippen molar-refractivity contribution >= 4 is 11.9 Å². The van der Waals surface area contributed by atoms with Crippen LogP contribution in [0, 0.1) is 29.6 Å². The van der Waals surface area contributed by atoms with Crippen LogP contribution < -0.4 is 0 Å². The summed E-state index contributed by atoms with van der Waals surface area (Å²) in [5, 5.41) is 139. The van der Waals surface area contributed by atoms with Crippen LogP contribution >= 0.6 is 0 Å². The van der Waals surface area contributed by atoms with Gasteiger partial charge in [-0.25, -0.2) is 0 Å². The maximum Gasteiger partial charge on any atom is 0.308 e. The van der Waals surface area contributed by atoms with Gasteiger partial charge in [-0.1, -0.05) is 61.3 Å². The van der Waals surface area contributed by atoms with Crippen LogP contribution in [0.15, 0.2) is 0 Å². The number of aliphatic hydroxyl groups is 13. The fourth-order valence-electron chi connectivity index (χ4n) is 10.2. The van der Waals surface area contributed by atoms with Gasteiger partial charge in [0.25, 0.3) is 0 Å². The molecule has 4 aliphatic heterocycles.